The van der Waals surface area contributed by atoms with Crippen LogP contribution in [0.1, 0.15) is 16.7 Å². The van der Waals surface area contributed by atoms with Crippen molar-refractivity contribution in [1.82, 2.24) is 0 Å². The van der Waals surface area contributed by atoms with Crippen LogP contribution in [0.25, 0.3) is 12.2 Å². The largest absolute Gasteiger partial charge is 0.504 e. The second-order valence-corrected chi connectivity index (χ2v) is 3.98. The Bertz CT molecular complexity index is 556. The van der Waals surface area contributed by atoms with Crippen molar-refractivity contribution in [3.63, 3.8) is 0 Å². The molecule has 2 aromatic carbocycles. The minimum absolute atomic E-state index is 0.0375. The van der Waals surface area contributed by atoms with Crippen molar-refractivity contribution in [3.8, 4) is 11.5 Å². The van der Waals surface area contributed by atoms with Gasteiger partial charge in [-0.15, -0.1) is 0 Å². The van der Waals surface area contributed by atoms with Crippen molar-refractivity contribution in [1.29, 1.82) is 0 Å². The van der Waals surface area contributed by atoms with E-state index in [2.05, 4.69) is 0 Å². The lowest BCUT2D eigenvalue weighted by molar-refractivity contribution is 0.282. The van der Waals surface area contributed by atoms with E-state index in [9.17, 15) is 10.2 Å². The van der Waals surface area contributed by atoms with Gasteiger partial charge in [0.25, 0.3) is 0 Å². The zero-order chi connectivity index (χ0) is 13.0. The lowest BCUT2D eigenvalue weighted by Crippen LogP contribution is -1.81. The molecule has 0 unspecified atom stereocenters. The van der Waals surface area contributed by atoms with Crippen LogP contribution < -0.4 is 0 Å². The maximum atomic E-state index is 9.35. The predicted molar refractivity (Wildman–Crippen MR) is 71.1 cm³/mol. The van der Waals surface area contributed by atoms with E-state index in [4.69, 9.17) is 5.11 Å². The highest BCUT2D eigenvalue weighted by atomic mass is 16.3. The highest BCUT2D eigenvalue weighted by molar-refractivity contribution is 5.70. The minimum atomic E-state index is -0.132. The van der Waals surface area contributed by atoms with Gasteiger partial charge in [-0.3, -0.25) is 0 Å². The molecule has 0 atom stereocenters. The molecular formula is C15H14O3. The molecule has 0 fully saturated rings. The van der Waals surface area contributed by atoms with Gasteiger partial charge in [-0.05, 0) is 28.8 Å². The summed E-state index contributed by atoms with van der Waals surface area (Å²) in [6.07, 6.45) is 3.74. The summed E-state index contributed by atoms with van der Waals surface area (Å²) < 4.78 is 0. The van der Waals surface area contributed by atoms with E-state index >= 15 is 0 Å². The van der Waals surface area contributed by atoms with Gasteiger partial charge in [0.15, 0.2) is 11.5 Å². The van der Waals surface area contributed by atoms with Gasteiger partial charge >= 0.3 is 0 Å². The summed E-state index contributed by atoms with van der Waals surface area (Å²) in [5, 5.41) is 27.5. The number of hydrogen-bond acceptors (Lipinski definition) is 3. The van der Waals surface area contributed by atoms with Gasteiger partial charge in [-0.2, -0.15) is 0 Å². The molecule has 3 N–H and O–H groups in total. The Morgan fingerprint density at radius 3 is 2.00 bits per heavy atom. The molecule has 2 aromatic rings. The normalized spacial score (nSPS) is 10.9. The van der Waals surface area contributed by atoms with Gasteiger partial charge in [0.05, 0.1) is 6.61 Å². The van der Waals surface area contributed by atoms with Crippen LogP contribution in [0.5, 0.6) is 11.5 Å². The molecule has 0 aromatic heterocycles. The fourth-order valence-electron chi connectivity index (χ4n) is 1.57. The first kappa shape index (κ1) is 12.2. The molecule has 0 aliphatic carbocycles. The summed E-state index contributed by atoms with van der Waals surface area (Å²) in [4.78, 5) is 0. The van der Waals surface area contributed by atoms with Gasteiger partial charge in [0.1, 0.15) is 0 Å². The molecular weight excluding hydrogens is 228 g/mol. The fourth-order valence-corrected chi connectivity index (χ4v) is 1.57. The van der Waals surface area contributed by atoms with Gasteiger partial charge in [0.2, 0.25) is 0 Å². The van der Waals surface area contributed by atoms with Crippen molar-refractivity contribution >= 4 is 12.2 Å². The Morgan fingerprint density at radius 2 is 1.39 bits per heavy atom. The van der Waals surface area contributed by atoms with Crippen molar-refractivity contribution in [3.05, 3.63) is 59.2 Å². The fraction of sp³-hybridized carbons (Fsp3) is 0.0667. The Labute approximate surface area is 105 Å². The van der Waals surface area contributed by atoms with Crippen LogP contribution in [0.3, 0.4) is 0 Å². The van der Waals surface area contributed by atoms with E-state index in [0.717, 1.165) is 16.7 Å². The number of hydrogen-bond donors (Lipinski definition) is 3. The molecule has 0 amide bonds. The SMILES string of the molecule is OCc1ccc(/C=C\c2ccc(O)c(O)c2)cc1. The number of phenolic OH excluding ortho intramolecular Hbond substituents is 2. The summed E-state index contributed by atoms with van der Waals surface area (Å²) in [7, 11) is 0. The van der Waals surface area contributed by atoms with Crippen LogP contribution in [0.15, 0.2) is 42.5 Å². The van der Waals surface area contributed by atoms with Crippen molar-refractivity contribution < 1.29 is 15.3 Å². The molecule has 0 radical (unpaired) electrons. The lowest BCUT2D eigenvalue weighted by atomic mass is 10.1. The number of aliphatic hydroxyl groups excluding tert-OH is 1. The molecule has 0 saturated heterocycles. The quantitative estimate of drug-likeness (QED) is 0.573. The topological polar surface area (TPSA) is 60.7 Å². The third-order valence-electron chi connectivity index (χ3n) is 2.63. The highest BCUT2D eigenvalue weighted by Gasteiger charge is 1.97. The zero-order valence-electron chi connectivity index (χ0n) is 9.74. The molecule has 3 heteroatoms. The molecule has 0 spiro atoms. The van der Waals surface area contributed by atoms with E-state index in [-0.39, 0.29) is 18.1 Å². The van der Waals surface area contributed by atoms with Crippen LogP contribution in [0.4, 0.5) is 0 Å². The third kappa shape index (κ3) is 2.90. The molecule has 0 aliphatic heterocycles. The van der Waals surface area contributed by atoms with Crippen molar-refractivity contribution in [2.24, 2.45) is 0 Å². The predicted octanol–water partition coefficient (Wildman–Crippen LogP) is 2.76. The lowest BCUT2D eigenvalue weighted by Gasteiger charge is -1.99. The Balaban J connectivity index is 2.16. The van der Waals surface area contributed by atoms with Crippen LogP contribution >= 0.6 is 0 Å². The summed E-state index contributed by atoms with van der Waals surface area (Å²) in [6, 6.07) is 12.2. The monoisotopic (exact) mass is 242 g/mol. The van der Waals surface area contributed by atoms with Gasteiger partial charge < -0.3 is 15.3 Å². The van der Waals surface area contributed by atoms with E-state index in [1.807, 2.05) is 36.4 Å². The average Bonchev–Trinajstić information content (AvgIpc) is 2.41. The Kier molecular flexibility index (Phi) is 3.65. The molecule has 0 saturated carbocycles. The van der Waals surface area contributed by atoms with Crippen LogP contribution in [0, 0.1) is 0 Å². The van der Waals surface area contributed by atoms with Crippen LogP contribution in [-0.2, 0) is 6.61 Å². The number of benzene rings is 2. The van der Waals surface area contributed by atoms with Crippen molar-refractivity contribution in [2.75, 3.05) is 0 Å². The molecule has 3 nitrogen and oxygen atoms in total. The first-order chi connectivity index (χ1) is 8.69. The van der Waals surface area contributed by atoms with E-state index in [1.54, 1.807) is 6.07 Å². The second kappa shape index (κ2) is 5.38. The van der Waals surface area contributed by atoms with E-state index in [0.29, 0.717) is 0 Å². The van der Waals surface area contributed by atoms with E-state index < -0.39 is 0 Å². The van der Waals surface area contributed by atoms with Crippen LogP contribution in [0.2, 0.25) is 0 Å². The standard InChI is InChI=1S/C15H14O3/c16-10-13-5-2-11(3-6-13)1-4-12-7-8-14(17)15(18)9-12/h1-9,16-18H,10H2/b4-1-. The summed E-state index contributed by atoms with van der Waals surface area (Å²) in [6.45, 7) is 0.0375. The molecule has 0 bridgehead atoms. The maximum Gasteiger partial charge on any atom is 0.157 e. The summed E-state index contributed by atoms with van der Waals surface area (Å²) in [5.74, 6) is -0.257. The number of aromatic hydroxyl groups is 2. The number of rotatable bonds is 3. The smallest absolute Gasteiger partial charge is 0.157 e. The number of aliphatic hydroxyl groups is 1. The summed E-state index contributed by atoms with van der Waals surface area (Å²) in [5.41, 5.74) is 2.67. The molecule has 0 heterocycles. The first-order valence-electron chi connectivity index (χ1n) is 5.59. The van der Waals surface area contributed by atoms with Gasteiger partial charge in [-0.25, -0.2) is 0 Å². The summed E-state index contributed by atoms with van der Waals surface area (Å²) >= 11 is 0. The van der Waals surface area contributed by atoms with Crippen molar-refractivity contribution in [2.45, 2.75) is 6.61 Å². The molecule has 18 heavy (non-hydrogen) atoms. The molecule has 2 rings (SSSR count). The molecule has 92 valence electrons. The Hall–Kier alpha value is -2.26. The minimum Gasteiger partial charge on any atom is -0.504 e. The van der Waals surface area contributed by atoms with Crippen LogP contribution in [-0.4, -0.2) is 15.3 Å². The number of phenols is 2. The average molecular weight is 242 g/mol. The first-order valence-corrected chi connectivity index (χ1v) is 5.59. The third-order valence-corrected chi connectivity index (χ3v) is 2.63. The second-order valence-electron chi connectivity index (χ2n) is 3.98. The highest BCUT2D eigenvalue weighted by Crippen LogP contribution is 2.25. The maximum absolute atomic E-state index is 9.35. The van der Waals surface area contributed by atoms with Gasteiger partial charge in [-0.1, -0.05) is 42.5 Å². The molecule has 0 aliphatic rings. The van der Waals surface area contributed by atoms with E-state index in [1.165, 1.54) is 12.1 Å². The van der Waals surface area contributed by atoms with Gasteiger partial charge in [0, 0.05) is 0 Å². The zero-order valence-corrected chi connectivity index (χ0v) is 9.74. The Morgan fingerprint density at radius 1 is 0.778 bits per heavy atom.